The minimum atomic E-state index is -4.32. The number of alkyl halides is 3. The monoisotopic (exact) mass is 388 g/mol. The number of benzene rings is 2. The average Bonchev–Trinajstić information content (AvgIpc) is 2.66. The SMILES string of the molecule is CC(=O)N1CCCc2cc(CN3CCc4cccc(C(F)(F)F)c4C3)ccc21. The first kappa shape index (κ1) is 19.0. The van der Waals surface area contributed by atoms with Crippen molar-refractivity contribution in [2.75, 3.05) is 18.0 Å². The van der Waals surface area contributed by atoms with Gasteiger partial charge in [0.05, 0.1) is 5.56 Å². The average molecular weight is 388 g/mol. The molecular formula is C22H23F3N2O. The second-order valence-corrected chi connectivity index (χ2v) is 7.64. The van der Waals surface area contributed by atoms with Crippen LogP contribution in [0.15, 0.2) is 36.4 Å². The molecule has 0 atom stereocenters. The van der Waals surface area contributed by atoms with Crippen LogP contribution in [0.3, 0.4) is 0 Å². The van der Waals surface area contributed by atoms with Crippen LogP contribution in [0.4, 0.5) is 18.9 Å². The lowest BCUT2D eigenvalue weighted by Crippen LogP contribution is -2.34. The van der Waals surface area contributed by atoms with Crippen molar-refractivity contribution in [3.8, 4) is 0 Å². The second kappa shape index (κ2) is 7.24. The molecule has 0 N–H and O–H groups in total. The fourth-order valence-corrected chi connectivity index (χ4v) is 4.37. The van der Waals surface area contributed by atoms with Crippen LogP contribution in [-0.4, -0.2) is 23.9 Å². The highest BCUT2D eigenvalue weighted by atomic mass is 19.4. The molecule has 6 heteroatoms. The molecular weight excluding hydrogens is 365 g/mol. The van der Waals surface area contributed by atoms with Gasteiger partial charge in [-0.2, -0.15) is 13.2 Å². The summed E-state index contributed by atoms with van der Waals surface area (Å²) in [7, 11) is 0. The van der Waals surface area contributed by atoms with Crippen LogP contribution in [0.2, 0.25) is 0 Å². The van der Waals surface area contributed by atoms with E-state index in [0.29, 0.717) is 25.1 Å². The van der Waals surface area contributed by atoms with E-state index >= 15 is 0 Å². The zero-order valence-electron chi connectivity index (χ0n) is 15.9. The second-order valence-electron chi connectivity index (χ2n) is 7.64. The Morgan fingerprint density at radius 3 is 2.64 bits per heavy atom. The molecule has 0 aromatic heterocycles. The molecule has 0 spiro atoms. The number of aryl methyl sites for hydroxylation is 1. The van der Waals surface area contributed by atoms with Gasteiger partial charge in [-0.05, 0) is 53.6 Å². The smallest absolute Gasteiger partial charge is 0.312 e. The van der Waals surface area contributed by atoms with Gasteiger partial charge in [-0.25, -0.2) is 0 Å². The summed E-state index contributed by atoms with van der Waals surface area (Å²) in [5.74, 6) is 0.0426. The van der Waals surface area contributed by atoms with E-state index in [1.165, 1.54) is 12.1 Å². The van der Waals surface area contributed by atoms with E-state index in [1.54, 1.807) is 17.9 Å². The number of nitrogens with zero attached hydrogens (tertiary/aromatic N) is 2. The molecule has 0 bridgehead atoms. The minimum absolute atomic E-state index is 0.0426. The molecule has 2 heterocycles. The van der Waals surface area contributed by atoms with Gasteiger partial charge in [0.1, 0.15) is 0 Å². The van der Waals surface area contributed by atoms with Gasteiger partial charge in [-0.1, -0.05) is 24.3 Å². The molecule has 4 rings (SSSR count). The third kappa shape index (κ3) is 3.65. The first-order valence-corrected chi connectivity index (χ1v) is 9.63. The zero-order chi connectivity index (χ0) is 19.9. The van der Waals surface area contributed by atoms with Crippen LogP contribution < -0.4 is 4.90 Å². The number of carbonyl (C=O) groups is 1. The summed E-state index contributed by atoms with van der Waals surface area (Å²) >= 11 is 0. The van der Waals surface area contributed by atoms with Gasteiger partial charge in [0.15, 0.2) is 0 Å². The van der Waals surface area contributed by atoms with Gasteiger partial charge in [0, 0.05) is 38.8 Å². The van der Waals surface area contributed by atoms with Gasteiger partial charge >= 0.3 is 6.18 Å². The maximum Gasteiger partial charge on any atom is 0.416 e. The Kier molecular flexibility index (Phi) is 4.91. The maximum absolute atomic E-state index is 13.4. The van der Waals surface area contributed by atoms with E-state index < -0.39 is 11.7 Å². The van der Waals surface area contributed by atoms with Crippen molar-refractivity contribution in [2.24, 2.45) is 0 Å². The molecule has 2 aromatic rings. The summed E-state index contributed by atoms with van der Waals surface area (Å²) in [5.41, 5.74) is 3.88. The molecule has 2 aliphatic rings. The number of carbonyl (C=O) groups excluding carboxylic acids is 1. The molecule has 0 radical (unpaired) electrons. The summed E-state index contributed by atoms with van der Waals surface area (Å²) in [4.78, 5) is 15.7. The van der Waals surface area contributed by atoms with Crippen LogP contribution in [-0.2, 0) is 36.9 Å². The molecule has 0 fully saturated rings. The van der Waals surface area contributed by atoms with E-state index in [2.05, 4.69) is 11.0 Å². The number of hydrogen-bond acceptors (Lipinski definition) is 2. The number of amides is 1. The summed E-state index contributed by atoms with van der Waals surface area (Å²) in [6.07, 6.45) is -1.84. The number of anilines is 1. The van der Waals surface area contributed by atoms with Gasteiger partial charge in [0.2, 0.25) is 5.91 Å². The normalized spacial score (nSPS) is 17.2. The molecule has 3 nitrogen and oxygen atoms in total. The molecule has 0 saturated heterocycles. The van der Waals surface area contributed by atoms with Gasteiger partial charge in [0.25, 0.3) is 0 Å². The third-order valence-electron chi connectivity index (χ3n) is 5.71. The Hall–Kier alpha value is -2.34. The van der Waals surface area contributed by atoms with E-state index in [-0.39, 0.29) is 5.91 Å². The van der Waals surface area contributed by atoms with Crippen molar-refractivity contribution in [3.05, 3.63) is 64.2 Å². The van der Waals surface area contributed by atoms with Crippen molar-refractivity contribution in [2.45, 2.75) is 45.5 Å². The number of rotatable bonds is 2. The van der Waals surface area contributed by atoms with Crippen molar-refractivity contribution in [3.63, 3.8) is 0 Å². The first-order chi connectivity index (χ1) is 13.3. The molecule has 2 aromatic carbocycles. The summed E-state index contributed by atoms with van der Waals surface area (Å²) in [6.45, 7) is 3.98. The molecule has 0 aliphatic carbocycles. The maximum atomic E-state index is 13.4. The van der Waals surface area contributed by atoms with Crippen molar-refractivity contribution < 1.29 is 18.0 Å². The summed E-state index contributed by atoms with van der Waals surface area (Å²) in [6, 6.07) is 10.6. The van der Waals surface area contributed by atoms with E-state index in [1.807, 2.05) is 12.1 Å². The zero-order valence-corrected chi connectivity index (χ0v) is 15.9. The predicted molar refractivity (Wildman–Crippen MR) is 102 cm³/mol. The highest BCUT2D eigenvalue weighted by molar-refractivity contribution is 5.92. The van der Waals surface area contributed by atoms with E-state index in [0.717, 1.165) is 48.3 Å². The summed E-state index contributed by atoms with van der Waals surface area (Å²) in [5, 5.41) is 0. The predicted octanol–water partition coefficient (Wildman–Crippen LogP) is 4.56. The van der Waals surface area contributed by atoms with Crippen molar-refractivity contribution >= 4 is 11.6 Å². The number of halogens is 3. The first-order valence-electron chi connectivity index (χ1n) is 9.63. The Balaban J connectivity index is 1.55. The van der Waals surface area contributed by atoms with Crippen LogP contribution in [0.5, 0.6) is 0 Å². The van der Waals surface area contributed by atoms with Crippen molar-refractivity contribution in [1.82, 2.24) is 4.90 Å². The van der Waals surface area contributed by atoms with E-state index in [9.17, 15) is 18.0 Å². The Bertz CT molecular complexity index is 907. The fraction of sp³-hybridized carbons (Fsp3) is 0.409. The highest BCUT2D eigenvalue weighted by Gasteiger charge is 2.35. The Morgan fingerprint density at radius 2 is 1.89 bits per heavy atom. The lowest BCUT2D eigenvalue weighted by Gasteiger charge is -2.32. The topological polar surface area (TPSA) is 23.6 Å². The molecule has 1 amide bonds. The molecule has 148 valence electrons. The van der Waals surface area contributed by atoms with Crippen LogP contribution in [0, 0.1) is 0 Å². The molecule has 0 unspecified atom stereocenters. The quantitative estimate of drug-likeness (QED) is 0.753. The van der Waals surface area contributed by atoms with Gasteiger partial charge in [-0.3, -0.25) is 9.69 Å². The molecule has 2 aliphatic heterocycles. The third-order valence-corrected chi connectivity index (χ3v) is 5.71. The van der Waals surface area contributed by atoms with Crippen LogP contribution in [0.25, 0.3) is 0 Å². The standard InChI is InChI=1S/C22H23F3N2O/c1-15(28)27-10-3-5-18-12-16(7-8-21(18)27)13-26-11-9-17-4-2-6-20(19(17)14-26)22(23,24)25/h2,4,6-8,12H,3,5,9-11,13-14H2,1H3. The fourth-order valence-electron chi connectivity index (χ4n) is 4.37. The van der Waals surface area contributed by atoms with Crippen molar-refractivity contribution in [1.29, 1.82) is 0 Å². The van der Waals surface area contributed by atoms with E-state index in [4.69, 9.17) is 0 Å². The lowest BCUT2D eigenvalue weighted by atomic mass is 9.94. The lowest BCUT2D eigenvalue weighted by molar-refractivity contribution is -0.138. The van der Waals surface area contributed by atoms with Gasteiger partial charge in [-0.15, -0.1) is 0 Å². The van der Waals surface area contributed by atoms with Crippen LogP contribution in [0.1, 0.15) is 41.2 Å². The summed E-state index contributed by atoms with van der Waals surface area (Å²) < 4.78 is 40.1. The largest absolute Gasteiger partial charge is 0.416 e. The number of fused-ring (bicyclic) bond motifs is 2. The van der Waals surface area contributed by atoms with Gasteiger partial charge < -0.3 is 4.90 Å². The van der Waals surface area contributed by atoms with Crippen LogP contribution >= 0.6 is 0 Å². The molecule has 28 heavy (non-hydrogen) atoms. The minimum Gasteiger partial charge on any atom is -0.312 e. The highest BCUT2D eigenvalue weighted by Crippen LogP contribution is 2.36. The number of hydrogen-bond donors (Lipinski definition) is 0. The Labute approximate surface area is 162 Å². The Morgan fingerprint density at radius 1 is 1.07 bits per heavy atom. The molecule has 0 saturated carbocycles.